The number of pyridine rings is 1. The van der Waals surface area contributed by atoms with Gasteiger partial charge in [-0.3, -0.25) is 0 Å². The molecule has 1 N–H and O–H groups in total. The zero-order valence-electron chi connectivity index (χ0n) is 14.2. The van der Waals surface area contributed by atoms with Gasteiger partial charge in [0.1, 0.15) is 5.82 Å². The maximum Gasteiger partial charge on any atom is 0.338 e. The van der Waals surface area contributed by atoms with E-state index < -0.39 is 11.8 Å². The van der Waals surface area contributed by atoms with E-state index in [0.717, 1.165) is 5.56 Å². The highest BCUT2D eigenvalue weighted by Crippen LogP contribution is 2.37. The first kappa shape index (κ1) is 16.9. The van der Waals surface area contributed by atoms with Crippen LogP contribution in [0.5, 0.6) is 0 Å². The molecular formula is C20H19FN2O2. The number of aromatic carboxylic acids is 1. The fourth-order valence-corrected chi connectivity index (χ4v) is 3.09. The van der Waals surface area contributed by atoms with E-state index in [1.165, 1.54) is 18.2 Å². The number of carboxylic acid groups (broad SMARTS) is 1. The molecule has 0 spiro atoms. The van der Waals surface area contributed by atoms with Crippen LogP contribution in [-0.2, 0) is 0 Å². The van der Waals surface area contributed by atoms with Gasteiger partial charge < -0.3 is 10.0 Å². The second-order valence-electron chi connectivity index (χ2n) is 5.69. The molecule has 0 atom stereocenters. The summed E-state index contributed by atoms with van der Waals surface area (Å²) in [6.07, 6.45) is 0. The van der Waals surface area contributed by atoms with Crippen LogP contribution < -0.4 is 4.90 Å². The van der Waals surface area contributed by atoms with Crippen LogP contribution >= 0.6 is 0 Å². The maximum absolute atomic E-state index is 13.8. The summed E-state index contributed by atoms with van der Waals surface area (Å²) in [4.78, 5) is 18.7. The summed E-state index contributed by atoms with van der Waals surface area (Å²) in [5.41, 5.74) is 2.52. The summed E-state index contributed by atoms with van der Waals surface area (Å²) >= 11 is 0. The quantitative estimate of drug-likeness (QED) is 0.739. The normalized spacial score (nSPS) is 10.8. The number of rotatable bonds is 5. The molecule has 5 heteroatoms. The summed E-state index contributed by atoms with van der Waals surface area (Å²) in [6, 6.07) is 13.5. The number of benzene rings is 2. The van der Waals surface area contributed by atoms with Gasteiger partial charge in [-0.25, -0.2) is 14.2 Å². The fraction of sp³-hybridized carbons (Fsp3) is 0.200. The minimum absolute atomic E-state index is 0.0899. The van der Waals surface area contributed by atoms with E-state index in [2.05, 4.69) is 4.98 Å². The second kappa shape index (κ2) is 6.89. The van der Waals surface area contributed by atoms with Gasteiger partial charge in [0.05, 0.1) is 22.5 Å². The molecule has 0 saturated carbocycles. The van der Waals surface area contributed by atoms with Crippen molar-refractivity contribution >= 4 is 22.6 Å². The molecule has 3 aromatic rings. The Morgan fingerprint density at radius 1 is 1.12 bits per heavy atom. The number of fused-ring (bicyclic) bond motifs is 1. The molecule has 3 rings (SSSR count). The summed E-state index contributed by atoms with van der Waals surface area (Å²) in [7, 11) is 0. The average molecular weight is 338 g/mol. The highest BCUT2D eigenvalue weighted by molar-refractivity contribution is 6.10. The molecule has 0 bridgehead atoms. The van der Waals surface area contributed by atoms with Crippen LogP contribution in [0.1, 0.15) is 24.2 Å². The number of carboxylic acids is 1. The fourth-order valence-electron chi connectivity index (χ4n) is 3.09. The monoisotopic (exact) mass is 338 g/mol. The Morgan fingerprint density at radius 2 is 1.80 bits per heavy atom. The van der Waals surface area contributed by atoms with Crippen LogP contribution in [0.15, 0.2) is 48.5 Å². The van der Waals surface area contributed by atoms with E-state index >= 15 is 0 Å². The lowest BCUT2D eigenvalue weighted by Gasteiger charge is -2.26. The third kappa shape index (κ3) is 3.05. The lowest BCUT2D eigenvalue weighted by molar-refractivity contribution is 0.0699. The van der Waals surface area contributed by atoms with Crippen LogP contribution in [0, 0.1) is 5.82 Å². The van der Waals surface area contributed by atoms with Gasteiger partial charge in [0.15, 0.2) is 0 Å². The van der Waals surface area contributed by atoms with Crippen molar-refractivity contribution in [2.45, 2.75) is 13.8 Å². The Balaban J connectivity index is 2.47. The molecule has 0 aliphatic rings. The van der Waals surface area contributed by atoms with Gasteiger partial charge in [0.2, 0.25) is 0 Å². The smallest absolute Gasteiger partial charge is 0.338 e. The summed E-state index contributed by atoms with van der Waals surface area (Å²) in [6.45, 7) is 5.16. The van der Waals surface area contributed by atoms with Crippen molar-refractivity contribution in [1.29, 1.82) is 0 Å². The van der Waals surface area contributed by atoms with Crippen molar-refractivity contribution in [3.63, 3.8) is 0 Å². The van der Waals surface area contributed by atoms with E-state index in [-0.39, 0.29) is 5.56 Å². The number of carbonyl (C=O) groups is 1. The second-order valence-corrected chi connectivity index (χ2v) is 5.69. The predicted molar refractivity (Wildman–Crippen MR) is 97.7 cm³/mol. The van der Waals surface area contributed by atoms with Crippen molar-refractivity contribution < 1.29 is 14.3 Å². The van der Waals surface area contributed by atoms with Gasteiger partial charge >= 0.3 is 5.97 Å². The van der Waals surface area contributed by atoms with Gasteiger partial charge in [-0.1, -0.05) is 30.3 Å². The van der Waals surface area contributed by atoms with Crippen LogP contribution in [0.25, 0.3) is 22.2 Å². The average Bonchev–Trinajstić information content (AvgIpc) is 2.62. The minimum atomic E-state index is -1.09. The van der Waals surface area contributed by atoms with E-state index in [1.54, 1.807) is 0 Å². The SMILES string of the molecule is CCN(CC)c1c(-c2ccccc2)nc2ccc(F)cc2c1C(=O)O. The molecule has 0 amide bonds. The van der Waals surface area contributed by atoms with Gasteiger partial charge in [-0.2, -0.15) is 0 Å². The lowest BCUT2D eigenvalue weighted by atomic mass is 10.00. The first-order valence-electron chi connectivity index (χ1n) is 8.23. The Labute approximate surface area is 145 Å². The Hall–Kier alpha value is -2.95. The number of aromatic nitrogens is 1. The molecule has 25 heavy (non-hydrogen) atoms. The molecule has 0 radical (unpaired) electrons. The first-order valence-corrected chi connectivity index (χ1v) is 8.23. The molecule has 4 nitrogen and oxygen atoms in total. The highest BCUT2D eigenvalue weighted by atomic mass is 19.1. The van der Waals surface area contributed by atoms with Crippen molar-refractivity contribution in [2.75, 3.05) is 18.0 Å². The summed E-state index contributed by atoms with van der Waals surface area (Å²) in [5.74, 6) is -1.56. The van der Waals surface area contributed by atoms with Crippen LogP contribution in [0.3, 0.4) is 0 Å². The predicted octanol–water partition coefficient (Wildman–Crippen LogP) is 4.59. The van der Waals surface area contributed by atoms with Crippen LogP contribution in [0.4, 0.5) is 10.1 Å². The van der Waals surface area contributed by atoms with E-state index in [1.807, 2.05) is 49.1 Å². The zero-order chi connectivity index (χ0) is 18.0. The van der Waals surface area contributed by atoms with Crippen molar-refractivity contribution in [2.24, 2.45) is 0 Å². The number of halogens is 1. The molecule has 0 aliphatic carbocycles. The number of hydrogen-bond acceptors (Lipinski definition) is 3. The first-order chi connectivity index (χ1) is 12.1. The van der Waals surface area contributed by atoms with Gasteiger partial charge in [-0.15, -0.1) is 0 Å². The maximum atomic E-state index is 13.8. The third-order valence-electron chi connectivity index (χ3n) is 4.26. The van der Waals surface area contributed by atoms with Gasteiger partial charge in [0.25, 0.3) is 0 Å². The molecule has 1 aromatic heterocycles. The van der Waals surface area contributed by atoms with Crippen molar-refractivity contribution in [3.8, 4) is 11.3 Å². The summed E-state index contributed by atoms with van der Waals surface area (Å²) < 4.78 is 13.8. The highest BCUT2D eigenvalue weighted by Gasteiger charge is 2.24. The van der Waals surface area contributed by atoms with E-state index in [0.29, 0.717) is 35.4 Å². The number of anilines is 1. The minimum Gasteiger partial charge on any atom is -0.478 e. The molecule has 1 heterocycles. The molecule has 0 unspecified atom stereocenters. The third-order valence-corrected chi connectivity index (χ3v) is 4.26. The van der Waals surface area contributed by atoms with Crippen LogP contribution in [-0.4, -0.2) is 29.1 Å². The largest absolute Gasteiger partial charge is 0.478 e. The summed E-state index contributed by atoms with van der Waals surface area (Å²) in [5, 5.41) is 10.2. The van der Waals surface area contributed by atoms with Gasteiger partial charge in [-0.05, 0) is 32.0 Å². The number of nitrogens with zero attached hydrogens (tertiary/aromatic N) is 2. The van der Waals surface area contributed by atoms with Crippen LogP contribution in [0.2, 0.25) is 0 Å². The Morgan fingerprint density at radius 3 is 2.40 bits per heavy atom. The van der Waals surface area contributed by atoms with Crippen molar-refractivity contribution in [3.05, 3.63) is 59.9 Å². The molecule has 2 aromatic carbocycles. The molecule has 0 fully saturated rings. The van der Waals surface area contributed by atoms with Gasteiger partial charge in [0, 0.05) is 24.0 Å². The molecule has 128 valence electrons. The topological polar surface area (TPSA) is 53.4 Å². The Kier molecular flexibility index (Phi) is 4.65. The molecular weight excluding hydrogens is 319 g/mol. The number of hydrogen-bond donors (Lipinski definition) is 1. The van der Waals surface area contributed by atoms with E-state index in [9.17, 15) is 14.3 Å². The lowest BCUT2D eigenvalue weighted by Crippen LogP contribution is -2.25. The van der Waals surface area contributed by atoms with Crippen molar-refractivity contribution in [1.82, 2.24) is 4.98 Å². The standard InChI is InChI=1S/C20H19FN2O2/c1-3-23(4-2)19-17(20(24)25)15-12-14(21)10-11-16(15)22-18(19)13-8-6-5-7-9-13/h5-12H,3-4H2,1-2H3,(H,24,25). The van der Waals surface area contributed by atoms with E-state index in [4.69, 9.17) is 0 Å². The Bertz CT molecular complexity index is 922. The zero-order valence-corrected chi connectivity index (χ0v) is 14.2. The molecule has 0 aliphatic heterocycles. The molecule has 0 saturated heterocycles.